The molecule has 0 saturated carbocycles. The van der Waals surface area contributed by atoms with Crippen LogP contribution in [0, 0.1) is 5.82 Å². The molecular weight excluding hydrogens is 367 g/mol. The quantitative estimate of drug-likeness (QED) is 0.818. The summed E-state index contributed by atoms with van der Waals surface area (Å²) in [5.41, 5.74) is -0.439. The van der Waals surface area contributed by atoms with E-state index < -0.39 is 5.72 Å². The summed E-state index contributed by atoms with van der Waals surface area (Å²) in [6.07, 6.45) is 0.676. The van der Waals surface area contributed by atoms with Crippen molar-refractivity contribution < 1.29 is 9.50 Å². The van der Waals surface area contributed by atoms with Gasteiger partial charge in [-0.2, -0.15) is 0 Å². The molecule has 20 heavy (non-hydrogen) atoms. The number of benzene rings is 1. The third-order valence-corrected chi connectivity index (χ3v) is 5.18. The van der Waals surface area contributed by atoms with Crippen LogP contribution in [0.2, 0.25) is 0 Å². The Kier molecular flexibility index (Phi) is 5.00. The molecular formula is C13H15BrClFN2OS. The van der Waals surface area contributed by atoms with E-state index in [-0.39, 0.29) is 28.0 Å². The summed E-state index contributed by atoms with van der Waals surface area (Å²) < 4.78 is 13.1. The number of aliphatic hydroxyl groups is 1. The molecule has 0 radical (unpaired) electrons. The Bertz CT molecular complexity index is 516. The number of rotatable bonds is 3. The van der Waals surface area contributed by atoms with Crippen molar-refractivity contribution in [3.8, 4) is 0 Å². The van der Waals surface area contributed by atoms with Crippen molar-refractivity contribution >= 4 is 45.5 Å². The lowest BCUT2D eigenvalue weighted by atomic mass is 9.96. The average Bonchev–Trinajstić information content (AvgIpc) is 2.95. The second-order valence-corrected chi connectivity index (χ2v) is 6.18. The highest BCUT2D eigenvalue weighted by molar-refractivity contribution is 8.93. The van der Waals surface area contributed by atoms with Gasteiger partial charge in [0, 0.05) is 18.0 Å². The van der Waals surface area contributed by atoms with Gasteiger partial charge in [-0.15, -0.1) is 28.6 Å². The van der Waals surface area contributed by atoms with Gasteiger partial charge in [0.25, 0.3) is 0 Å². The Morgan fingerprint density at radius 3 is 2.80 bits per heavy atom. The van der Waals surface area contributed by atoms with Crippen molar-refractivity contribution in [2.75, 3.05) is 19.0 Å². The maximum absolute atomic E-state index is 13.1. The second kappa shape index (κ2) is 6.22. The third-order valence-electron chi connectivity index (χ3n) is 3.55. The van der Waals surface area contributed by atoms with Crippen LogP contribution in [0.25, 0.3) is 0 Å². The molecule has 110 valence electrons. The van der Waals surface area contributed by atoms with Gasteiger partial charge in [0.1, 0.15) is 5.82 Å². The molecule has 1 saturated heterocycles. The molecule has 0 spiro atoms. The molecule has 1 aromatic rings. The first-order valence-electron chi connectivity index (χ1n) is 6.19. The summed E-state index contributed by atoms with van der Waals surface area (Å²) >= 11 is 7.39. The number of fused-ring (bicyclic) bond motifs is 1. The largest absolute Gasteiger partial charge is 0.366 e. The van der Waals surface area contributed by atoms with Gasteiger partial charge in [-0.05, 0) is 18.6 Å². The van der Waals surface area contributed by atoms with Gasteiger partial charge < -0.3 is 10.0 Å². The molecule has 1 aromatic carbocycles. The first kappa shape index (κ1) is 16.1. The number of hydrogen-bond acceptors (Lipinski definition) is 4. The summed E-state index contributed by atoms with van der Waals surface area (Å²) in [6.45, 7) is 1.38. The molecule has 2 aliphatic heterocycles. The lowest BCUT2D eigenvalue weighted by Gasteiger charge is -2.36. The van der Waals surface area contributed by atoms with Gasteiger partial charge in [-0.1, -0.05) is 23.9 Å². The minimum atomic E-state index is -1.14. The predicted molar refractivity (Wildman–Crippen MR) is 86.3 cm³/mol. The van der Waals surface area contributed by atoms with Crippen LogP contribution >= 0.6 is 40.3 Å². The maximum Gasteiger partial charge on any atom is 0.178 e. The van der Waals surface area contributed by atoms with E-state index in [0.717, 1.165) is 5.17 Å². The highest BCUT2D eigenvalue weighted by Gasteiger charge is 2.53. The number of nitrogens with zero attached hydrogens (tertiary/aromatic N) is 2. The topological polar surface area (TPSA) is 35.8 Å². The third kappa shape index (κ3) is 2.47. The monoisotopic (exact) mass is 380 g/mol. The molecule has 1 fully saturated rings. The number of hydrogen-bond donors (Lipinski definition) is 1. The van der Waals surface area contributed by atoms with Crippen molar-refractivity contribution in [2.24, 2.45) is 4.99 Å². The minimum absolute atomic E-state index is 0. The van der Waals surface area contributed by atoms with Crippen LogP contribution in [-0.2, 0) is 5.72 Å². The molecule has 2 aliphatic rings. The van der Waals surface area contributed by atoms with Crippen molar-refractivity contribution in [3.63, 3.8) is 0 Å². The molecule has 7 heteroatoms. The zero-order valence-corrected chi connectivity index (χ0v) is 13.9. The SMILES string of the molecule is Br.OC1(c2ccc(F)cc2)C(CCCl)SC2=NCCN21. The highest BCUT2D eigenvalue weighted by Crippen LogP contribution is 2.47. The van der Waals surface area contributed by atoms with Crippen molar-refractivity contribution in [1.82, 2.24) is 4.90 Å². The molecule has 2 heterocycles. The standard InChI is InChI=1S/C13H14ClFN2OS.BrH/c14-6-5-11-13(18,9-1-3-10(15)4-2-9)17-8-7-16-12(17)19-11;/h1-4,11,18H,5-8H2;1H. The van der Waals surface area contributed by atoms with Gasteiger partial charge in [-0.3, -0.25) is 4.99 Å². The molecule has 2 unspecified atom stereocenters. The number of thioether (sulfide) groups is 1. The lowest BCUT2D eigenvalue weighted by molar-refractivity contribution is -0.0662. The van der Waals surface area contributed by atoms with E-state index in [0.29, 0.717) is 31.0 Å². The zero-order chi connectivity index (χ0) is 13.5. The smallest absolute Gasteiger partial charge is 0.178 e. The maximum atomic E-state index is 13.1. The Morgan fingerprint density at radius 1 is 1.45 bits per heavy atom. The Balaban J connectivity index is 0.00000147. The average molecular weight is 382 g/mol. The van der Waals surface area contributed by atoms with Gasteiger partial charge in [-0.25, -0.2) is 4.39 Å². The van der Waals surface area contributed by atoms with E-state index in [9.17, 15) is 9.50 Å². The highest BCUT2D eigenvalue weighted by atomic mass is 79.9. The van der Waals surface area contributed by atoms with Crippen LogP contribution in [-0.4, -0.2) is 39.4 Å². The van der Waals surface area contributed by atoms with Crippen LogP contribution in [0.15, 0.2) is 29.3 Å². The van der Waals surface area contributed by atoms with E-state index in [2.05, 4.69) is 4.99 Å². The van der Waals surface area contributed by atoms with E-state index in [4.69, 9.17) is 11.6 Å². The lowest BCUT2D eigenvalue weighted by Crippen LogP contribution is -2.48. The van der Waals surface area contributed by atoms with Crippen molar-refractivity contribution in [3.05, 3.63) is 35.6 Å². The number of alkyl halides is 1. The number of amidine groups is 1. The predicted octanol–water partition coefficient (Wildman–Crippen LogP) is 2.96. The fourth-order valence-electron chi connectivity index (χ4n) is 2.62. The van der Waals surface area contributed by atoms with Crippen molar-refractivity contribution in [2.45, 2.75) is 17.4 Å². The van der Waals surface area contributed by atoms with Gasteiger partial charge in [0.05, 0.1) is 11.8 Å². The van der Waals surface area contributed by atoms with Gasteiger partial charge >= 0.3 is 0 Å². The Morgan fingerprint density at radius 2 is 2.15 bits per heavy atom. The fraction of sp³-hybridized carbons (Fsp3) is 0.462. The Hall–Kier alpha value is -0.300. The molecule has 0 aromatic heterocycles. The van der Waals surface area contributed by atoms with Gasteiger partial charge in [0.2, 0.25) is 0 Å². The van der Waals surface area contributed by atoms with Crippen LogP contribution in [0.3, 0.4) is 0 Å². The first-order chi connectivity index (χ1) is 9.16. The molecule has 1 N–H and O–H groups in total. The first-order valence-corrected chi connectivity index (χ1v) is 7.61. The van der Waals surface area contributed by atoms with E-state index in [1.807, 2.05) is 4.90 Å². The summed E-state index contributed by atoms with van der Waals surface area (Å²) in [5.74, 6) is 0.171. The van der Waals surface area contributed by atoms with Crippen LogP contribution in [0.1, 0.15) is 12.0 Å². The summed E-state index contributed by atoms with van der Waals surface area (Å²) in [7, 11) is 0. The molecule has 3 nitrogen and oxygen atoms in total. The van der Waals surface area contributed by atoms with Gasteiger partial charge in [0.15, 0.2) is 10.9 Å². The summed E-state index contributed by atoms with van der Waals surface area (Å²) in [6, 6.07) is 6.03. The minimum Gasteiger partial charge on any atom is -0.366 e. The molecule has 2 atom stereocenters. The van der Waals surface area contributed by atoms with E-state index >= 15 is 0 Å². The molecule has 0 amide bonds. The number of aliphatic imine (C=N–C) groups is 1. The zero-order valence-electron chi connectivity index (χ0n) is 10.6. The van der Waals surface area contributed by atoms with Crippen LogP contribution in [0.5, 0.6) is 0 Å². The molecule has 0 bridgehead atoms. The van der Waals surface area contributed by atoms with Crippen LogP contribution < -0.4 is 0 Å². The fourth-order valence-corrected chi connectivity index (χ4v) is 4.41. The van der Waals surface area contributed by atoms with Crippen molar-refractivity contribution in [1.29, 1.82) is 0 Å². The summed E-state index contributed by atoms with van der Waals surface area (Å²) in [4.78, 5) is 6.30. The summed E-state index contributed by atoms with van der Waals surface area (Å²) in [5, 5.41) is 11.9. The molecule has 0 aliphatic carbocycles. The number of halogens is 3. The van der Waals surface area contributed by atoms with E-state index in [1.54, 1.807) is 23.9 Å². The Labute approximate surface area is 137 Å². The van der Waals surface area contributed by atoms with Crippen LogP contribution in [0.4, 0.5) is 4.39 Å². The normalized spacial score (nSPS) is 28.1. The second-order valence-electron chi connectivity index (χ2n) is 4.63. The molecule has 3 rings (SSSR count). The van der Waals surface area contributed by atoms with E-state index in [1.165, 1.54) is 12.1 Å².